The Hall–Kier alpha value is -2.60. The van der Waals surface area contributed by atoms with Gasteiger partial charge in [0.15, 0.2) is 0 Å². The molecule has 23 heavy (non-hydrogen) atoms. The van der Waals surface area contributed by atoms with E-state index in [9.17, 15) is 9.18 Å². The minimum Gasteiger partial charge on any atom is -0.426 e. The van der Waals surface area contributed by atoms with E-state index in [0.29, 0.717) is 17.5 Å². The molecule has 0 radical (unpaired) electrons. The molecule has 1 unspecified atom stereocenters. The van der Waals surface area contributed by atoms with Crippen molar-refractivity contribution in [1.82, 2.24) is 5.06 Å². The Morgan fingerprint density at radius 2 is 1.96 bits per heavy atom. The smallest absolute Gasteiger partial charge is 0.290 e. The molecular formula is C17H18FNO4. The van der Waals surface area contributed by atoms with Crippen molar-refractivity contribution >= 4 is 12.0 Å². The number of amides is 1. The fraction of sp³-hybridized carbons (Fsp3) is 0.235. The summed E-state index contributed by atoms with van der Waals surface area (Å²) in [6, 6.07) is 8.78. The van der Waals surface area contributed by atoms with E-state index in [0.717, 1.165) is 0 Å². The average Bonchev–Trinajstić information content (AvgIpc) is 2.95. The van der Waals surface area contributed by atoms with Crippen molar-refractivity contribution in [3.63, 3.8) is 0 Å². The summed E-state index contributed by atoms with van der Waals surface area (Å²) in [5.41, 5.74) is 0. The molecule has 0 aliphatic heterocycles. The second kappa shape index (κ2) is 7.60. The van der Waals surface area contributed by atoms with Crippen LogP contribution in [0.4, 0.5) is 4.39 Å². The van der Waals surface area contributed by atoms with Gasteiger partial charge in [0.2, 0.25) is 5.91 Å². The van der Waals surface area contributed by atoms with Crippen LogP contribution in [0.1, 0.15) is 19.6 Å². The van der Waals surface area contributed by atoms with Crippen molar-refractivity contribution in [2.45, 2.75) is 19.9 Å². The molecular weight excluding hydrogens is 301 g/mol. The van der Waals surface area contributed by atoms with Crippen LogP contribution in [0.25, 0.3) is 6.08 Å². The fourth-order valence-corrected chi connectivity index (χ4v) is 1.99. The molecule has 0 saturated carbocycles. The standard InChI is InChI=1S/C17H18FNO4/c1-12(19(21-3)13(2)20)4-7-15-10-11-17(22-15)23-16-8-5-14(18)6-9-16/h4-12H,1-3H3/b7-4+. The van der Waals surface area contributed by atoms with Crippen molar-refractivity contribution in [3.8, 4) is 11.7 Å². The van der Waals surface area contributed by atoms with Crippen LogP contribution in [-0.2, 0) is 9.63 Å². The van der Waals surface area contributed by atoms with Crippen LogP contribution in [0.2, 0.25) is 0 Å². The zero-order valence-corrected chi connectivity index (χ0v) is 13.2. The summed E-state index contributed by atoms with van der Waals surface area (Å²) in [5, 5.41) is 1.25. The summed E-state index contributed by atoms with van der Waals surface area (Å²) in [6.07, 6.45) is 3.49. The zero-order chi connectivity index (χ0) is 16.8. The van der Waals surface area contributed by atoms with Gasteiger partial charge >= 0.3 is 0 Å². The first kappa shape index (κ1) is 16.8. The van der Waals surface area contributed by atoms with Gasteiger partial charge in [0.05, 0.1) is 13.2 Å². The number of ether oxygens (including phenoxy) is 1. The van der Waals surface area contributed by atoms with Crippen LogP contribution in [0.15, 0.2) is 46.9 Å². The normalized spacial score (nSPS) is 12.3. The minimum atomic E-state index is -0.331. The van der Waals surface area contributed by atoms with Crippen LogP contribution in [0.5, 0.6) is 11.7 Å². The predicted octanol–water partition coefficient (Wildman–Crippen LogP) is 4.02. The van der Waals surface area contributed by atoms with E-state index in [4.69, 9.17) is 14.0 Å². The molecule has 5 nitrogen and oxygen atoms in total. The molecule has 2 aromatic rings. The van der Waals surface area contributed by atoms with Crippen LogP contribution >= 0.6 is 0 Å². The lowest BCUT2D eigenvalue weighted by Crippen LogP contribution is -2.34. The summed E-state index contributed by atoms with van der Waals surface area (Å²) in [7, 11) is 1.44. The third-order valence-electron chi connectivity index (χ3n) is 3.05. The van der Waals surface area contributed by atoms with Crippen molar-refractivity contribution in [1.29, 1.82) is 0 Å². The molecule has 0 bridgehead atoms. The van der Waals surface area contributed by atoms with Crippen molar-refractivity contribution < 1.29 is 23.2 Å². The lowest BCUT2D eigenvalue weighted by Gasteiger charge is -2.22. The van der Waals surface area contributed by atoms with Gasteiger partial charge in [0.25, 0.3) is 5.95 Å². The number of hydroxylamine groups is 2. The highest BCUT2D eigenvalue weighted by Gasteiger charge is 2.13. The monoisotopic (exact) mass is 319 g/mol. The number of carbonyl (C=O) groups is 1. The van der Waals surface area contributed by atoms with Gasteiger partial charge < -0.3 is 9.15 Å². The maximum absolute atomic E-state index is 12.8. The molecule has 6 heteroatoms. The Bertz CT molecular complexity index is 678. The largest absolute Gasteiger partial charge is 0.426 e. The molecule has 122 valence electrons. The molecule has 0 fully saturated rings. The van der Waals surface area contributed by atoms with E-state index in [-0.39, 0.29) is 17.8 Å². The molecule has 0 aliphatic rings. The summed E-state index contributed by atoms with van der Waals surface area (Å²) in [5.74, 6) is 0.812. The maximum Gasteiger partial charge on any atom is 0.290 e. The molecule has 1 aromatic carbocycles. The van der Waals surface area contributed by atoms with Crippen molar-refractivity contribution in [3.05, 3.63) is 54.1 Å². The summed E-state index contributed by atoms with van der Waals surface area (Å²) >= 11 is 0. The third kappa shape index (κ3) is 4.69. The topological polar surface area (TPSA) is 51.9 Å². The first-order valence-corrected chi connectivity index (χ1v) is 7.05. The molecule has 1 atom stereocenters. The highest BCUT2D eigenvalue weighted by Crippen LogP contribution is 2.24. The Morgan fingerprint density at radius 1 is 1.26 bits per heavy atom. The van der Waals surface area contributed by atoms with Crippen molar-refractivity contribution in [2.24, 2.45) is 0 Å². The highest BCUT2D eigenvalue weighted by molar-refractivity contribution is 5.72. The van der Waals surface area contributed by atoms with Crippen molar-refractivity contribution in [2.75, 3.05) is 7.11 Å². The lowest BCUT2D eigenvalue weighted by molar-refractivity contribution is -0.179. The average molecular weight is 319 g/mol. The highest BCUT2D eigenvalue weighted by atomic mass is 19.1. The number of halogens is 1. The van der Waals surface area contributed by atoms with E-state index >= 15 is 0 Å². The molecule has 0 aliphatic carbocycles. The van der Waals surface area contributed by atoms with Crippen LogP contribution in [0, 0.1) is 5.82 Å². The van der Waals surface area contributed by atoms with E-state index in [1.165, 1.54) is 43.4 Å². The van der Waals surface area contributed by atoms with E-state index in [1.54, 1.807) is 24.3 Å². The van der Waals surface area contributed by atoms with Gasteiger partial charge in [0.1, 0.15) is 17.3 Å². The zero-order valence-electron chi connectivity index (χ0n) is 13.2. The molecule has 0 N–H and O–H groups in total. The molecule has 1 amide bonds. The van der Waals surface area contributed by atoms with Gasteiger partial charge in [-0.3, -0.25) is 9.63 Å². The first-order valence-electron chi connectivity index (χ1n) is 7.05. The Labute approximate surface area is 133 Å². The SMILES string of the molecule is CON(C(C)=O)C(C)/C=C/c1ccc(Oc2ccc(F)cc2)o1. The molecule has 0 saturated heterocycles. The van der Waals surface area contributed by atoms with Gasteiger partial charge in [-0.1, -0.05) is 6.08 Å². The summed E-state index contributed by atoms with van der Waals surface area (Å²) < 4.78 is 23.8. The van der Waals surface area contributed by atoms with Gasteiger partial charge in [0, 0.05) is 13.0 Å². The second-order valence-corrected chi connectivity index (χ2v) is 4.84. The minimum absolute atomic E-state index is 0.190. The quantitative estimate of drug-likeness (QED) is 0.755. The first-order chi connectivity index (χ1) is 11.0. The Kier molecular flexibility index (Phi) is 5.54. The summed E-state index contributed by atoms with van der Waals surface area (Å²) in [6.45, 7) is 3.25. The Morgan fingerprint density at radius 3 is 2.57 bits per heavy atom. The third-order valence-corrected chi connectivity index (χ3v) is 3.05. The Balaban J connectivity index is 2.00. The number of carbonyl (C=O) groups excluding carboxylic acids is 1. The predicted molar refractivity (Wildman–Crippen MR) is 83.2 cm³/mol. The van der Waals surface area contributed by atoms with Gasteiger partial charge in [-0.25, -0.2) is 9.45 Å². The van der Waals surface area contributed by atoms with Crippen LogP contribution in [-0.4, -0.2) is 24.1 Å². The number of furan rings is 1. The maximum atomic E-state index is 12.8. The number of benzene rings is 1. The van der Waals surface area contributed by atoms with Gasteiger partial charge in [-0.15, -0.1) is 0 Å². The van der Waals surface area contributed by atoms with Crippen LogP contribution < -0.4 is 4.74 Å². The summed E-state index contributed by atoms with van der Waals surface area (Å²) in [4.78, 5) is 16.4. The van der Waals surface area contributed by atoms with Gasteiger partial charge in [-0.05, 0) is 43.3 Å². The number of hydrogen-bond acceptors (Lipinski definition) is 4. The molecule has 0 spiro atoms. The van der Waals surface area contributed by atoms with E-state index in [1.807, 2.05) is 6.92 Å². The van der Waals surface area contributed by atoms with E-state index < -0.39 is 0 Å². The number of nitrogens with zero attached hydrogens (tertiary/aromatic N) is 1. The molecule has 1 heterocycles. The second-order valence-electron chi connectivity index (χ2n) is 4.84. The number of hydrogen-bond donors (Lipinski definition) is 0. The number of rotatable bonds is 6. The lowest BCUT2D eigenvalue weighted by atomic mass is 10.2. The molecule has 1 aromatic heterocycles. The van der Waals surface area contributed by atoms with E-state index in [2.05, 4.69) is 0 Å². The van der Waals surface area contributed by atoms with Crippen LogP contribution in [0.3, 0.4) is 0 Å². The van der Waals surface area contributed by atoms with Gasteiger partial charge in [-0.2, -0.15) is 0 Å². The fourth-order valence-electron chi connectivity index (χ4n) is 1.99. The molecule has 2 rings (SSSR count).